The Morgan fingerprint density at radius 1 is 1.11 bits per heavy atom. The molecule has 1 aliphatic heterocycles. The molecule has 1 aliphatic rings. The van der Waals surface area contributed by atoms with Gasteiger partial charge in [-0.1, -0.05) is 0 Å². The van der Waals surface area contributed by atoms with Gasteiger partial charge < -0.3 is 19.7 Å². The molecule has 1 amide bonds. The van der Waals surface area contributed by atoms with Crippen molar-refractivity contribution in [3.63, 3.8) is 0 Å². The van der Waals surface area contributed by atoms with Gasteiger partial charge in [-0.25, -0.2) is 23.7 Å². The molecule has 0 radical (unpaired) electrons. The molecule has 14 heteroatoms. The molecule has 1 saturated heterocycles. The predicted molar refractivity (Wildman–Crippen MR) is 135 cm³/mol. The van der Waals surface area contributed by atoms with Crippen LogP contribution in [-0.2, 0) is 11.8 Å². The van der Waals surface area contributed by atoms with Crippen LogP contribution >= 0.6 is 13.5 Å². The quantitative estimate of drug-likeness (QED) is 0.384. The first-order valence-corrected chi connectivity index (χ1v) is 11.0. The van der Waals surface area contributed by atoms with E-state index in [2.05, 4.69) is 30.4 Å². The smallest absolute Gasteiger partial charge is 0.232 e. The number of fused-ring (bicyclic) bond motifs is 1. The van der Waals surface area contributed by atoms with Crippen LogP contribution in [0.1, 0.15) is 12.8 Å². The summed E-state index contributed by atoms with van der Waals surface area (Å²) >= 11 is 0. The van der Waals surface area contributed by atoms with E-state index in [0.29, 0.717) is 24.1 Å². The summed E-state index contributed by atoms with van der Waals surface area (Å²) in [6.07, 6.45) is 7.20. The maximum atomic E-state index is 15.5. The van der Waals surface area contributed by atoms with E-state index >= 15 is 8.78 Å². The first-order valence-electron chi connectivity index (χ1n) is 11.0. The Labute approximate surface area is 217 Å². The van der Waals surface area contributed by atoms with E-state index in [1.54, 1.807) is 30.3 Å². The van der Waals surface area contributed by atoms with Crippen LogP contribution in [0.25, 0.3) is 22.4 Å². The summed E-state index contributed by atoms with van der Waals surface area (Å²) < 4.78 is 42.8. The number of aryl methyl sites for hydroxylation is 1. The number of anilines is 2. The van der Waals surface area contributed by atoms with Gasteiger partial charge in [0.25, 0.3) is 0 Å². The highest BCUT2D eigenvalue weighted by Crippen LogP contribution is 2.39. The summed E-state index contributed by atoms with van der Waals surface area (Å²) in [7, 11) is 4.32. The lowest BCUT2D eigenvalue weighted by molar-refractivity contribution is -0.119. The molecule has 0 saturated carbocycles. The van der Waals surface area contributed by atoms with Crippen LogP contribution in [-0.4, -0.2) is 62.4 Å². The Kier molecular flexibility index (Phi) is 7.38. The molecule has 0 bridgehead atoms. The number of carbonyl (C=O) groups is 1. The fourth-order valence-corrected chi connectivity index (χ4v) is 4.04. The van der Waals surface area contributed by atoms with E-state index in [0.717, 1.165) is 11.6 Å². The molecule has 4 aromatic rings. The van der Waals surface area contributed by atoms with E-state index in [1.165, 1.54) is 25.3 Å². The van der Waals surface area contributed by atoms with E-state index in [9.17, 15) is 4.79 Å². The highest BCUT2D eigenvalue weighted by molar-refractivity contribution is 7.59. The standard InChI is InChI=1S/C23H22F2N8O3.H2S/c1-32-10-12(7-28-32)14-8-26-15-9-27-23(31-22(15)30-14)33(11-13-4-5-18(34)29-13)21-19(24)16(35-2)6-17(36-3)20(21)25;/h6-10,13H,4-5,11H2,1-3H3,(H,29,34);1H2. The van der Waals surface area contributed by atoms with Crippen molar-refractivity contribution in [2.75, 3.05) is 25.7 Å². The maximum Gasteiger partial charge on any atom is 0.232 e. The lowest BCUT2D eigenvalue weighted by Gasteiger charge is -2.27. The summed E-state index contributed by atoms with van der Waals surface area (Å²) in [5.74, 6) is -2.53. The topological polar surface area (TPSA) is 120 Å². The van der Waals surface area contributed by atoms with Gasteiger partial charge >= 0.3 is 0 Å². The molecular formula is C23H24F2N8O3S. The summed E-state index contributed by atoms with van der Waals surface area (Å²) in [6.45, 7) is -0.00284. The molecule has 1 fully saturated rings. The Morgan fingerprint density at radius 3 is 2.43 bits per heavy atom. The number of hydrogen-bond acceptors (Lipinski definition) is 9. The van der Waals surface area contributed by atoms with Crippen molar-refractivity contribution >= 4 is 42.2 Å². The zero-order valence-electron chi connectivity index (χ0n) is 20.2. The van der Waals surface area contributed by atoms with Crippen LogP contribution in [0.4, 0.5) is 20.4 Å². The van der Waals surface area contributed by atoms with Crippen molar-refractivity contribution in [1.82, 2.24) is 35.0 Å². The molecule has 4 heterocycles. The molecule has 3 aromatic heterocycles. The van der Waals surface area contributed by atoms with Gasteiger partial charge in [0.1, 0.15) is 11.2 Å². The molecule has 11 nitrogen and oxygen atoms in total. The molecule has 0 spiro atoms. The average Bonchev–Trinajstić information content (AvgIpc) is 3.50. The van der Waals surface area contributed by atoms with E-state index in [1.807, 2.05) is 0 Å². The number of benzene rings is 1. The van der Waals surface area contributed by atoms with Crippen molar-refractivity contribution in [3.8, 4) is 22.8 Å². The number of carbonyl (C=O) groups excluding carboxylic acids is 1. The van der Waals surface area contributed by atoms with E-state index in [4.69, 9.17) is 9.47 Å². The van der Waals surface area contributed by atoms with Crippen molar-refractivity contribution in [1.29, 1.82) is 0 Å². The Morgan fingerprint density at radius 2 is 1.84 bits per heavy atom. The third-order valence-electron chi connectivity index (χ3n) is 5.84. The van der Waals surface area contributed by atoms with Crippen LogP contribution < -0.4 is 19.7 Å². The largest absolute Gasteiger partial charge is 0.493 e. The molecule has 5 rings (SSSR count). The third-order valence-corrected chi connectivity index (χ3v) is 5.84. The van der Waals surface area contributed by atoms with Crippen LogP contribution in [0.3, 0.4) is 0 Å². The SMILES string of the molecule is COc1cc(OC)c(F)c(N(CC2CCC(=O)N2)c2ncc3ncc(-c4cnn(C)c4)nc3n2)c1F.S. The molecule has 194 valence electrons. The second kappa shape index (κ2) is 10.5. The van der Waals surface area contributed by atoms with E-state index in [-0.39, 0.29) is 55.1 Å². The number of rotatable bonds is 7. The molecular weight excluding hydrogens is 506 g/mol. The first kappa shape index (κ1) is 26.0. The molecule has 1 atom stereocenters. The highest BCUT2D eigenvalue weighted by Gasteiger charge is 2.31. The molecule has 37 heavy (non-hydrogen) atoms. The fourth-order valence-electron chi connectivity index (χ4n) is 4.04. The summed E-state index contributed by atoms with van der Waals surface area (Å²) in [5.41, 5.74) is 1.40. The number of halogens is 2. The number of ether oxygens (including phenoxy) is 2. The zero-order valence-corrected chi connectivity index (χ0v) is 21.2. The number of aromatic nitrogens is 6. The van der Waals surface area contributed by atoms with Gasteiger partial charge in [0, 0.05) is 43.9 Å². The van der Waals surface area contributed by atoms with Gasteiger partial charge in [0.15, 0.2) is 28.8 Å². The number of methoxy groups -OCH3 is 2. The number of nitrogens with zero attached hydrogens (tertiary/aromatic N) is 7. The van der Waals surface area contributed by atoms with Gasteiger partial charge in [0.05, 0.1) is 38.5 Å². The van der Waals surface area contributed by atoms with Crippen LogP contribution in [0.5, 0.6) is 11.5 Å². The van der Waals surface area contributed by atoms with Crippen molar-refractivity contribution in [2.45, 2.75) is 18.9 Å². The van der Waals surface area contributed by atoms with Crippen molar-refractivity contribution < 1.29 is 23.0 Å². The van der Waals surface area contributed by atoms with Crippen molar-refractivity contribution in [2.24, 2.45) is 7.05 Å². The fraction of sp³-hybridized carbons (Fsp3) is 0.304. The van der Waals surface area contributed by atoms with Crippen LogP contribution in [0.15, 0.2) is 30.9 Å². The van der Waals surface area contributed by atoms with Gasteiger partial charge in [-0.05, 0) is 6.42 Å². The monoisotopic (exact) mass is 530 g/mol. The average molecular weight is 531 g/mol. The van der Waals surface area contributed by atoms with Gasteiger partial charge in [-0.3, -0.25) is 9.48 Å². The molecule has 1 aromatic carbocycles. The normalized spacial score (nSPS) is 14.8. The summed E-state index contributed by atoms with van der Waals surface area (Å²) in [4.78, 5) is 30.8. The second-order valence-electron chi connectivity index (χ2n) is 8.21. The second-order valence-corrected chi connectivity index (χ2v) is 8.21. The van der Waals surface area contributed by atoms with Gasteiger partial charge in [0.2, 0.25) is 11.9 Å². The Bertz CT molecular complexity index is 1440. The van der Waals surface area contributed by atoms with Gasteiger partial charge in [-0.15, -0.1) is 0 Å². The lowest BCUT2D eigenvalue weighted by Crippen LogP contribution is -2.38. The van der Waals surface area contributed by atoms with Gasteiger partial charge in [-0.2, -0.15) is 23.6 Å². The number of hydrogen-bond donors (Lipinski definition) is 1. The van der Waals surface area contributed by atoms with E-state index < -0.39 is 17.3 Å². The molecule has 1 unspecified atom stereocenters. The predicted octanol–water partition coefficient (Wildman–Crippen LogP) is 2.65. The lowest BCUT2D eigenvalue weighted by atomic mass is 10.1. The minimum absolute atomic E-state index is 0. The Hall–Kier alpha value is -4.07. The Balaban J connectivity index is 0.00000320. The molecule has 0 aliphatic carbocycles. The zero-order chi connectivity index (χ0) is 25.4. The van der Waals surface area contributed by atoms with Crippen molar-refractivity contribution in [3.05, 3.63) is 42.5 Å². The third kappa shape index (κ3) is 4.96. The van der Waals surface area contributed by atoms with Crippen LogP contribution in [0.2, 0.25) is 0 Å². The van der Waals surface area contributed by atoms with Crippen LogP contribution in [0, 0.1) is 11.6 Å². The molecule has 1 N–H and O–H groups in total. The minimum atomic E-state index is -0.959. The number of nitrogens with one attached hydrogen (secondary N) is 1. The first-order chi connectivity index (χ1) is 17.4. The number of amides is 1. The minimum Gasteiger partial charge on any atom is -0.493 e. The maximum absolute atomic E-state index is 15.5. The summed E-state index contributed by atoms with van der Waals surface area (Å²) in [6, 6.07) is 0.733. The summed E-state index contributed by atoms with van der Waals surface area (Å²) in [5, 5.41) is 6.95. The highest BCUT2D eigenvalue weighted by atomic mass is 32.1.